The molecule has 0 radical (unpaired) electrons. The topological polar surface area (TPSA) is 33.1 Å². The molecule has 0 aliphatic carbocycles. The highest BCUT2D eigenvalue weighted by Crippen LogP contribution is 2.21. The van der Waals surface area contributed by atoms with Gasteiger partial charge in [0.2, 0.25) is 5.95 Å². The van der Waals surface area contributed by atoms with Crippen LogP contribution in [-0.2, 0) is 6.54 Å². The number of aromatic nitrogens is 2. The summed E-state index contributed by atoms with van der Waals surface area (Å²) in [6.45, 7) is 9.85. The van der Waals surface area contributed by atoms with Crippen LogP contribution >= 0.6 is 0 Å². The molecule has 1 aromatic rings. The van der Waals surface area contributed by atoms with Crippen molar-refractivity contribution in [1.29, 1.82) is 0 Å². The van der Waals surface area contributed by atoms with Crippen molar-refractivity contribution in [3.63, 3.8) is 0 Å². The van der Waals surface area contributed by atoms with Gasteiger partial charge in [0, 0.05) is 32.0 Å². The van der Waals surface area contributed by atoms with Gasteiger partial charge in [0.15, 0.2) is 0 Å². The van der Waals surface area contributed by atoms with Gasteiger partial charge >= 0.3 is 0 Å². The molecule has 1 N–H and O–H groups in total. The number of anilines is 1. The van der Waals surface area contributed by atoms with Gasteiger partial charge in [-0.05, 0) is 25.9 Å². The summed E-state index contributed by atoms with van der Waals surface area (Å²) in [5, 5.41) is 3.41. The zero-order valence-corrected chi connectivity index (χ0v) is 12.5. The van der Waals surface area contributed by atoms with Crippen LogP contribution < -0.4 is 5.32 Å². The van der Waals surface area contributed by atoms with Crippen LogP contribution in [0.4, 0.5) is 5.95 Å². The van der Waals surface area contributed by atoms with Crippen molar-refractivity contribution in [2.24, 2.45) is 5.41 Å². The molecule has 0 fully saturated rings. The molecule has 0 unspecified atom stereocenters. The molecular weight excluding hydrogens is 224 g/mol. The van der Waals surface area contributed by atoms with E-state index in [4.69, 9.17) is 0 Å². The fraction of sp³-hybridized carbons (Fsp3) is 0.786. The van der Waals surface area contributed by atoms with Crippen LogP contribution in [0, 0.1) is 5.41 Å². The van der Waals surface area contributed by atoms with Crippen molar-refractivity contribution in [1.82, 2.24) is 14.5 Å². The van der Waals surface area contributed by atoms with Crippen LogP contribution in [0.2, 0.25) is 0 Å². The maximum atomic E-state index is 4.39. The summed E-state index contributed by atoms with van der Waals surface area (Å²) in [6, 6.07) is 0. The minimum atomic E-state index is 0.241. The SMILES string of the molecule is CCCCNc1nccn1CC(C)(C)CN(C)C. The summed E-state index contributed by atoms with van der Waals surface area (Å²) in [5.41, 5.74) is 0.241. The third kappa shape index (κ3) is 5.08. The maximum absolute atomic E-state index is 4.39. The highest BCUT2D eigenvalue weighted by molar-refractivity contribution is 5.25. The first kappa shape index (κ1) is 15.0. The number of hydrogen-bond acceptors (Lipinski definition) is 3. The average Bonchev–Trinajstić information content (AvgIpc) is 2.63. The Hall–Kier alpha value is -1.03. The Kier molecular flexibility index (Phi) is 5.66. The third-order valence-electron chi connectivity index (χ3n) is 2.87. The fourth-order valence-electron chi connectivity index (χ4n) is 2.35. The Balaban J connectivity index is 2.58. The molecule has 0 bridgehead atoms. The Bertz CT molecular complexity index is 341. The first-order valence-corrected chi connectivity index (χ1v) is 6.84. The van der Waals surface area contributed by atoms with Gasteiger partial charge in [-0.3, -0.25) is 0 Å². The Morgan fingerprint density at radius 3 is 2.72 bits per heavy atom. The molecule has 4 nitrogen and oxygen atoms in total. The average molecular weight is 252 g/mol. The van der Waals surface area contributed by atoms with Gasteiger partial charge in [0.25, 0.3) is 0 Å². The second-order valence-electron chi connectivity index (χ2n) is 6.06. The van der Waals surface area contributed by atoms with Crippen LogP contribution in [0.5, 0.6) is 0 Å². The minimum absolute atomic E-state index is 0.241. The predicted octanol–water partition coefficient (Wildman–Crippen LogP) is 2.68. The molecule has 0 amide bonds. The van der Waals surface area contributed by atoms with Crippen LogP contribution in [0.3, 0.4) is 0 Å². The van der Waals surface area contributed by atoms with E-state index in [-0.39, 0.29) is 5.41 Å². The summed E-state index contributed by atoms with van der Waals surface area (Å²) >= 11 is 0. The Morgan fingerprint density at radius 1 is 1.39 bits per heavy atom. The molecule has 0 aliphatic heterocycles. The zero-order chi connectivity index (χ0) is 13.6. The van der Waals surface area contributed by atoms with Crippen LogP contribution in [-0.4, -0.2) is 41.6 Å². The summed E-state index contributed by atoms with van der Waals surface area (Å²) in [5.74, 6) is 0.996. The molecule has 1 rings (SSSR count). The lowest BCUT2D eigenvalue weighted by molar-refractivity contribution is 0.212. The molecule has 0 atom stereocenters. The number of nitrogens with zero attached hydrogens (tertiary/aromatic N) is 3. The van der Waals surface area contributed by atoms with Crippen molar-refractivity contribution in [3.8, 4) is 0 Å². The predicted molar refractivity (Wildman–Crippen MR) is 78.0 cm³/mol. The molecule has 0 aromatic carbocycles. The van der Waals surface area contributed by atoms with Gasteiger partial charge in [0.05, 0.1) is 0 Å². The van der Waals surface area contributed by atoms with Gasteiger partial charge in [-0.1, -0.05) is 27.2 Å². The lowest BCUT2D eigenvalue weighted by atomic mass is 9.93. The smallest absolute Gasteiger partial charge is 0.202 e. The molecule has 104 valence electrons. The molecule has 4 heteroatoms. The highest BCUT2D eigenvalue weighted by Gasteiger charge is 2.20. The third-order valence-corrected chi connectivity index (χ3v) is 2.87. The second-order valence-corrected chi connectivity index (χ2v) is 6.06. The minimum Gasteiger partial charge on any atom is -0.356 e. The standard InChI is InChI=1S/C14H28N4/c1-6-7-8-15-13-16-9-10-18(13)12-14(2,3)11-17(4)5/h9-10H,6-8,11-12H2,1-5H3,(H,15,16). The van der Waals surface area contributed by atoms with Gasteiger partial charge in [0.1, 0.15) is 0 Å². The summed E-state index contributed by atoms with van der Waals surface area (Å²) in [4.78, 5) is 6.63. The second kappa shape index (κ2) is 6.78. The first-order chi connectivity index (χ1) is 8.44. The fourth-order valence-corrected chi connectivity index (χ4v) is 2.35. The summed E-state index contributed by atoms with van der Waals surface area (Å²) in [6.07, 6.45) is 6.33. The van der Waals surface area contributed by atoms with Crippen molar-refractivity contribution in [3.05, 3.63) is 12.4 Å². The number of nitrogens with one attached hydrogen (secondary N) is 1. The van der Waals surface area contributed by atoms with E-state index in [1.165, 1.54) is 12.8 Å². The van der Waals surface area contributed by atoms with E-state index in [0.29, 0.717) is 0 Å². The van der Waals surface area contributed by atoms with Crippen molar-refractivity contribution < 1.29 is 0 Å². The molecule has 0 aliphatic rings. The largest absolute Gasteiger partial charge is 0.356 e. The molecule has 18 heavy (non-hydrogen) atoms. The number of imidazole rings is 1. The van der Waals surface area contributed by atoms with Crippen molar-refractivity contribution >= 4 is 5.95 Å². The van der Waals surface area contributed by atoms with E-state index >= 15 is 0 Å². The van der Waals surface area contributed by atoms with Crippen molar-refractivity contribution in [2.75, 3.05) is 32.5 Å². The van der Waals surface area contributed by atoms with Gasteiger partial charge in [-0.15, -0.1) is 0 Å². The molecule has 1 heterocycles. The number of hydrogen-bond donors (Lipinski definition) is 1. The van der Waals surface area contributed by atoms with E-state index in [1.54, 1.807) is 0 Å². The van der Waals surface area contributed by atoms with E-state index in [2.05, 4.69) is 60.8 Å². The molecule has 0 spiro atoms. The highest BCUT2D eigenvalue weighted by atomic mass is 15.2. The van der Waals surface area contributed by atoms with E-state index < -0.39 is 0 Å². The van der Waals surface area contributed by atoms with Gasteiger partial charge < -0.3 is 14.8 Å². The zero-order valence-electron chi connectivity index (χ0n) is 12.5. The Morgan fingerprint density at radius 2 is 2.11 bits per heavy atom. The normalized spacial score (nSPS) is 12.1. The number of unbranched alkanes of at least 4 members (excludes halogenated alkanes) is 1. The molecular formula is C14H28N4. The van der Waals surface area contributed by atoms with E-state index in [1.807, 2.05) is 6.20 Å². The van der Waals surface area contributed by atoms with Crippen LogP contribution in [0.25, 0.3) is 0 Å². The molecule has 1 aromatic heterocycles. The lowest BCUT2D eigenvalue weighted by Crippen LogP contribution is -2.32. The molecule has 0 saturated carbocycles. The number of rotatable bonds is 8. The maximum Gasteiger partial charge on any atom is 0.202 e. The summed E-state index contributed by atoms with van der Waals surface area (Å²) in [7, 11) is 4.24. The molecule has 0 saturated heterocycles. The quantitative estimate of drug-likeness (QED) is 0.722. The first-order valence-electron chi connectivity index (χ1n) is 6.84. The van der Waals surface area contributed by atoms with Gasteiger partial charge in [-0.25, -0.2) is 4.98 Å². The van der Waals surface area contributed by atoms with Gasteiger partial charge in [-0.2, -0.15) is 0 Å². The lowest BCUT2D eigenvalue weighted by Gasteiger charge is -2.29. The van der Waals surface area contributed by atoms with Crippen molar-refractivity contribution in [2.45, 2.75) is 40.2 Å². The Labute approximate surface area is 111 Å². The van der Waals surface area contributed by atoms with Crippen LogP contribution in [0.1, 0.15) is 33.6 Å². The van der Waals surface area contributed by atoms with E-state index in [0.717, 1.165) is 25.6 Å². The van der Waals surface area contributed by atoms with E-state index in [9.17, 15) is 0 Å². The summed E-state index contributed by atoms with van der Waals surface area (Å²) < 4.78 is 2.22. The van der Waals surface area contributed by atoms with Crippen LogP contribution in [0.15, 0.2) is 12.4 Å². The monoisotopic (exact) mass is 252 g/mol.